The highest BCUT2D eigenvalue weighted by Crippen LogP contribution is 2.44. The third-order valence-electron chi connectivity index (χ3n) is 3.79. The van der Waals surface area contributed by atoms with E-state index in [1.165, 1.54) is 12.1 Å². The number of benzene rings is 1. The molecular formula is C13H12Cl2FNO. The first-order valence-electron chi connectivity index (χ1n) is 6.01. The molecule has 1 aromatic rings. The molecule has 2 unspecified atom stereocenters. The lowest BCUT2D eigenvalue weighted by atomic mass is 10.0. The van der Waals surface area contributed by atoms with Gasteiger partial charge in [0.1, 0.15) is 11.6 Å². The highest BCUT2D eigenvalue weighted by atomic mass is 35.5. The lowest BCUT2D eigenvalue weighted by Crippen LogP contribution is -2.43. The first-order valence-corrected chi connectivity index (χ1v) is 6.76. The molecule has 5 heteroatoms. The van der Waals surface area contributed by atoms with Crippen LogP contribution in [0.1, 0.15) is 25.7 Å². The standard InChI is InChI=1S/C13H12Cl2FNO/c14-11-3-7(16)4-12(15)13(11)17-8-1-2-9(17)6-10(18)5-8/h3-4,8-9H,1-2,5-6H2. The van der Waals surface area contributed by atoms with E-state index in [0.29, 0.717) is 34.4 Å². The minimum absolute atomic E-state index is 0.164. The second-order valence-electron chi connectivity index (χ2n) is 4.96. The predicted molar refractivity (Wildman–Crippen MR) is 70.0 cm³/mol. The Morgan fingerprint density at radius 2 is 1.61 bits per heavy atom. The van der Waals surface area contributed by atoms with E-state index in [2.05, 4.69) is 4.90 Å². The van der Waals surface area contributed by atoms with Crippen molar-refractivity contribution in [2.45, 2.75) is 37.8 Å². The molecule has 1 aromatic carbocycles. The lowest BCUT2D eigenvalue weighted by Gasteiger charge is -2.37. The van der Waals surface area contributed by atoms with E-state index in [0.717, 1.165) is 12.8 Å². The van der Waals surface area contributed by atoms with Crippen molar-refractivity contribution in [1.29, 1.82) is 0 Å². The molecule has 0 aliphatic carbocycles. The Bertz CT molecular complexity index is 481. The van der Waals surface area contributed by atoms with Gasteiger partial charge in [0.2, 0.25) is 0 Å². The van der Waals surface area contributed by atoms with Crippen molar-refractivity contribution < 1.29 is 9.18 Å². The number of ketones is 1. The fourth-order valence-electron chi connectivity index (χ4n) is 3.12. The summed E-state index contributed by atoms with van der Waals surface area (Å²) in [5.41, 5.74) is 0.680. The molecule has 2 nitrogen and oxygen atoms in total. The van der Waals surface area contributed by atoms with Gasteiger partial charge in [-0.3, -0.25) is 4.79 Å². The number of nitrogens with zero attached hydrogens (tertiary/aromatic N) is 1. The van der Waals surface area contributed by atoms with Crippen LogP contribution in [0, 0.1) is 5.82 Å². The Labute approximate surface area is 115 Å². The molecule has 96 valence electrons. The third-order valence-corrected chi connectivity index (χ3v) is 4.36. The number of fused-ring (bicyclic) bond motifs is 2. The van der Waals surface area contributed by atoms with E-state index in [1.807, 2.05) is 0 Å². The number of piperidine rings is 1. The Morgan fingerprint density at radius 1 is 1.11 bits per heavy atom. The molecule has 2 aliphatic heterocycles. The average molecular weight is 288 g/mol. The summed E-state index contributed by atoms with van der Waals surface area (Å²) in [5, 5.41) is 0.650. The zero-order chi connectivity index (χ0) is 12.9. The fourth-order valence-corrected chi connectivity index (χ4v) is 3.77. The van der Waals surface area contributed by atoms with Gasteiger partial charge in [0, 0.05) is 24.9 Å². The van der Waals surface area contributed by atoms with Crippen molar-refractivity contribution in [2.24, 2.45) is 0 Å². The summed E-state index contributed by atoms with van der Waals surface area (Å²) in [4.78, 5) is 13.7. The van der Waals surface area contributed by atoms with Crippen LogP contribution in [0.2, 0.25) is 10.0 Å². The van der Waals surface area contributed by atoms with Crippen molar-refractivity contribution in [3.05, 3.63) is 28.0 Å². The molecule has 3 rings (SSSR count). The predicted octanol–water partition coefficient (Wildman–Crippen LogP) is 3.83. The van der Waals surface area contributed by atoms with Gasteiger partial charge in [0.15, 0.2) is 0 Å². The number of rotatable bonds is 1. The molecule has 0 aromatic heterocycles. The van der Waals surface area contributed by atoms with Gasteiger partial charge in [-0.25, -0.2) is 4.39 Å². The lowest BCUT2D eigenvalue weighted by molar-refractivity contribution is -0.120. The molecule has 2 heterocycles. The van der Waals surface area contributed by atoms with E-state index in [9.17, 15) is 9.18 Å². The number of hydrogen-bond donors (Lipinski definition) is 0. The van der Waals surface area contributed by atoms with Gasteiger partial charge in [0.25, 0.3) is 0 Å². The van der Waals surface area contributed by atoms with Crippen LogP contribution in [0.15, 0.2) is 12.1 Å². The molecule has 0 N–H and O–H groups in total. The SMILES string of the molecule is O=C1CC2CCC(C1)N2c1c(Cl)cc(F)cc1Cl. The minimum atomic E-state index is -0.436. The molecule has 18 heavy (non-hydrogen) atoms. The maximum Gasteiger partial charge on any atom is 0.137 e. The van der Waals surface area contributed by atoms with Crippen molar-refractivity contribution in [1.82, 2.24) is 0 Å². The van der Waals surface area contributed by atoms with Crippen molar-refractivity contribution >= 4 is 34.7 Å². The van der Waals surface area contributed by atoms with Crippen LogP contribution in [0.3, 0.4) is 0 Å². The van der Waals surface area contributed by atoms with Gasteiger partial charge < -0.3 is 4.90 Å². The molecule has 0 amide bonds. The van der Waals surface area contributed by atoms with E-state index in [-0.39, 0.29) is 12.1 Å². The maximum absolute atomic E-state index is 13.2. The van der Waals surface area contributed by atoms with E-state index >= 15 is 0 Å². The van der Waals surface area contributed by atoms with E-state index in [4.69, 9.17) is 23.2 Å². The van der Waals surface area contributed by atoms with Crippen molar-refractivity contribution in [3.8, 4) is 0 Å². The van der Waals surface area contributed by atoms with Gasteiger partial charge in [-0.15, -0.1) is 0 Å². The third kappa shape index (κ3) is 1.90. The first kappa shape index (κ1) is 12.2. The molecule has 0 spiro atoms. The molecule has 0 saturated carbocycles. The fraction of sp³-hybridized carbons (Fsp3) is 0.462. The maximum atomic E-state index is 13.2. The first-order chi connectivity index (χ1) is 8.56. The normalized spacial score (nSPS) is 26.8. The summed E-state index contributed by atoms with van der Waals surface area (Å²) in [6.45, 7) is 0. The summed E-state index contributed by atoms with van der Waals surface area (Å²) < 4.78 is 13.2. The largest absolute Gasteiger partial charge is 0.362 e. The second kappa shape index (κ2) is 4.39. The van der Waals surface area contributed by atoms with Crippen LogP contribution in [0.5, 0.6) is 0 Å². The van der Waals surface area contributed by atoms with E-state index in [1.54, 1.807) is 0 Å². The Hall–Kier alpha value is -0.800. The minimum Gasteiger partial charge on any atom is -0.362 e. The summed E-state index contributed by atoms with van der Waals surface area (Å²) in [5.74, 6) is -0.137. The summed E-state index contributed by atoms with van der Waals surface area (Å²) >= 11 is 12.2. The molecule has 2 saturated heterocycles. The van der Waals surface area contributed by atoms with Gasteiger partial charge in [-0.1, -0.05) is 23.2 Å². The summed E-state index contributed by atoms with van der Waals surface area (Å²) in [7, 11) is 0. The summed E-state index contributed by atoms with van der Waals surface area (Å²) in [6.07, 6.45) is 3.03. The average Bonchev–Trinajstić information content (AvgIpc) is 2.53. The monoisotopic (exact) mass is 287 g/mol. The number of carbonyl (C=O) groups excluding carboxylic acids is 1. The second-order valence-corrected chi connectivity index (χ2v) is 5.77. The van der Waals surface area contributed by atoms with Crippen LogP contribution < -0.4 is 4.90 Å². The van der Waals surface area contributed by atoms with Crippen LogP contribution in [-0.4, -0.2) is 17.9 Å². The topological polar surface area (TPSA) is 20.3 Å². The number of anilines is 1. The molecular weight excluding hydrogens is 276 g/mol. The van der Waals surface area contributed by atoms with Crippen LogP contribution in [0.4, 0.5) is 10.1 Å². The van der Waals surface area contributed by atoms with Gasteiger partial charge in [-0.2, -0.15) is 0 Å². The van der Waals surface area contributed by atoms with Crippen molar-refractivity contribution in [2.75, 3.05) is 4.90 Å². The van der Waals surface area contributed by atoms with Gasteiger partial charge >= 0.3 is 0 Å². The number of halogens is 3. The number of carbonyl (C=O) groups is 1. The van der Waals surface area contributed by atoms with Crippen LogP contribution >= 0.6 is 23.2 Å². The molecule has 2 aliphatic rings. The highest BCUT2D eigenvalue weighted by molar-refractivity contribution is 6.39. The number of Topliss-reactive ketones (excluding diaryl/α,β-unsaturated/α-hetero) is 1. The Kier molecular flexibility index (Phi) is 2.99. The van der Waals surface area contributed by atoms with E-state index < -0.39 is 5.82 Å². The molecule has 2 atom stereocenters. The Morgan fingerprint density at radius 3 is 2.11 bits per heavy atom. The molecule has 2 fully saturated rings. The van der Waals surface area contributed by atoms with Crippen LogP contribution in [-0.2, 0) is 4.79 Å². The smallest absolute Gasteiger partial charge is 0.137 e. The number of hydrogen-bond acceptors (Lipinski definition) is 2. The zero-order valence-corrected chi connectivity index (χ0v) is 11.1. The zero-order valence-electron chi connectivity index (χ0n) is 9.63. The highest BCUT2D eigenvalue weighted by Gasteiger charge is 2.41. The molecule has 0 radical (unpaired) electrons. The van der Waals surface area contributed by atoms with Gasteiger partial charge in [-0.05, 0) is 25.0 Å². The summed E-state index contributed by atoms with van der Waals surface area (Å²) in [6, 6.07) is 2.88. The Balaban J connectivity index is 2.04. The van der Waals surface area contributed by atoms with Crippen molar-refractivity contribution in [3.63, 3.8) is 0 Å². The quantitative estimate of drug-likeness (QED) is 0.782. The van der Waals surface area contributed by atoms with Gasteiger partial charge in [0.05, 0.1) is 15.7 Å². The van der Waals surface area contributed by atoms with Crippen LogP contribution in [0.25, 0.3) is 0 Å². The molecule has 2 bridgehead atoms.